The van der Waals surface area contributed by atoms with Crippen LogP contribution in [-0.2, 0) is 19.2 Å². The zero-order chi connectivity index (χ0) is 34.8. The molecule has 0 aliphatic carbocycles. The Morgan fingerprint density at radius 2 is 1.54 bits per heavy atom. The Hall–Kier alpha value is -2.46. The predicted octanol–water partition coefficient (Wildman–Crippen LogP) is 4.05. The maximum atomic E-state index is 14.1. The van der Waals surface area contributed by atoms with Gasteiger partial charge >= 0.3 is 0 Å². The highest BCUT2D eigenvalue weighted by Gasteiger charge is 2.40. The summed E-state index contributed by atoms with van der Waals surface area (Å²) in [6, 6.07) is -1.57. The molecule has 10 nitrogen and oxygen atoms in total. The van der Waals surface area contributed by atoms with Gasteiger partial charge in [0.25, 0.3) is 0 Å². The third-order valence-corrected chi connectivity index (χ3v) is 9.81. The molecule has 2 heterocycles. The first-order valence-electron chi connectivity index (χ1n) is 17.9. The number of nitrogens with zero attached hydrogens (tertiary/aromatic N) is 4. The molecule has 2 fully saturated rings. The van der Waals surface area contributed by atoms with Gasteiger partial charge in [0.05, 0.1) is 12.1 Å². The highest BCUT2D eigenvalue weighted by Crippen LogP contribution is 2.27. The first-order valence-corrected chi connectivity index (χ1v) is 17.9. The normalized spacial score (nSPS) is 21.1. The largest absolute Gasteiger partial charge is 0.354 e. The van der Waals surface area contributed by atoms with Crippen molar-refractivity contribution < 1.29 is 19.2 Å². The predicted molar refractivity (Wildman–Crippen MR) is 186 cm³/mol. The molecule has 2 rings (SSSR count). The molecule has 0 aromatic carbocycles. The topological polar surface area (TPSA) is 105 Å². The van der Waals surface area contributed by atoms with Gasteiger partial charge in [0.2, 0.25) is 23.6 Å². The zero-order valence-corrected chi connectivity index (χ0v) is 30.9. The number of carbonyl (C=O) groups is 4. The average Bonchev–Trinajstić information content (AvgIpc) is 3.50. The summed E-state index contributed by atoms with van der Waals surface area (Å²) in [6.07, 6.45) is 7.03. The van der Waals surface area contributed by atoms with Gasteiger partial charge in [-0.2, -0.15) is 0 Å². The monoisotopic (exact) mass is 647 g/mol. The summed E-state index contributed by atoms with van der Waals surface area (Å²) in [5.74, 6) is -0.510. The molecule has 0 spiro atoms. The lowest BCUT2D eigenvalue weighted by Crippen LogP contribution is -2.60. The van der Waals surface area contributed by atoms with Crippen LogP contribution in [0.3, 0.4) is 0 Å². The number of nitrogens with one attached hydrogen (secondary N) is 2. The molecule has 264 valence electrons. The molecular weight excluding hydrogens is 580 g/mol. The van der Waals surface area contributed by atoms with E-state index < -0.39 is 17.5 Å². The highest BCUT2D eigenvalue weighted by molar-refractivity contribution is 5.97. The van der Waals surface area contributed by atoms with Crippen LogP contribution in [0.2, 0.25) is 0 Å². The number of likely N-dealkylation sites (N-methyl/N-ethyl adjacent to an activating group) is 1. The fraction of sp³-hybridized carbons (Fsp3) is 0.833. The van der Waals surface area contributed by atoms with Gasteiger partial charge < -0.3 is 25.3 Å². The number of hydrogen-bond donors (Lipinski definition) is 2. The number of rotatable bonds is 15. The van der Waals surface area contributed by atoms with Gasteiger partial charge in [-0.05, 0) is 90.4 Å². The van der Waals surface area contributed by atoms with Gasteiger partial charge in [-0.15, -0.1) is 0 Å². The molecule has 4 atom stereocenters. The second kappa shape index (κ2) is 18.2. The van der Waals surface area contributed by atoms with Crippen LogP contribution in [0, 0.1) is 11.3 Å². The molecule has 2 saturated heterocycles. The number of amides is 4. The van der Waals surface area contributed by atoms with Crippen molar-refractivity contribution in [1.29, 1.82) is 0 Å². The molecule has 0 bridgehead atoms. The highest BCUT2D eigenvalue weighted by atomic mass is 16.2. The third kappa shape index (κ3) is 10.8. The molecule has 0 unspecified atom stereocenters. The number of likely N-dealkylation sites (tertiary alicyclic amines) is 2. The van der Waals surface area contributed by atoms with Crippen LogP contribution in [-0.4, -0.2) is 120 Å². The van der Waals surface area contributed by atoms with E-state index in [2.05, 4.69) is 48.1 Å². The van der Waals surface area contributed by atoms with Crippen molar-refractivity contribution in [2.75, 3.05) is 46.3 Å². The molecule has 10 heteroatoms. The Labute approximate surface area is 280 Å². The molecule has 0 aromatic rings. The number of piperidine rings is 1. The molecule has 46 heavy (non-hydrogen) atoms. The summed E-state index contributed by atoms with van der Waals surface area (Å²) in [5, 5.41) is 6.19. The minimum atomic E-state index is -0.722. The summed E-state index contributed by atoms with van der Waals surface area (Å²) in [5.41, 5.74) is 0.00126. The molecular formula is C36H66N6O4. The van der Waals surface area contributed by atoms with Crippen molar-refractivity contribution >= 4 is 23.6 Å². The minimum absolute atomic E-state index is 0.0197. The number of carbonyl (C=O) groups excluding carboxylic acids is 4. The van der Waals surface area contributed by atoms with E-state index in [0.29, 0.717) is 25.1 Å². The second-order valence-corrected chi connectivity index (χ2v) is 15.0. The summed E-state index contributed by atoms with van der Waals surface area (Å²) in [4.78, 5) is 62.5. The smallest absolute Gasteiger partial charge is 0.249 e. The molecule has 4 amide bonds. The third-order valence-electron chi connectivity index (χ3n) is 9.81. The van der Waals surface area contributed by atoms with Crippen LogP contribution in [0.4, 0.5) is 0 Å². The van der Waals surface area contributed by atoms with E-state index in [1.54, 1.807) is 23.8 Å². The SMILES string of the molecule is CCN(CC)CCCNC(=O)[C@@H]1CCCN1C(=O)/C(C)=C/[C@H](C(C)C)N(C)C(=O)[C@@H](NC(=O)[C@H]1CCCCN1C(C)C)C(C)(C)C. The fourth-order valence-electron chi connectivity index (χ4n) is 6.85. The molecule has 2 N–H and O–H groups in total. The Balaban J connectivity index is 2.17. The lowest BCUT2D eigenvalue weighted by molar-refractivity contribution is -0.142. The average molecular weight is 647 g/mol. The minimum Gasteiger partial charge on any atom is -0.354 e. The zero-order valence-electron chi connectivity index (χ0n) is 30.9. The summed E-state index contributed by atoms with van der Waals surface area (Å²) >= 11 is 0. The van der Waals surface area contributed by atoms with Crippen LogP contribution in [0.1, 0.15) is 108 Å². The van der Waals surface area contributed by atoms with Crippen molar-refractivity contribution in [3.63, 3.8) is 0 Å². The lowest BCUT2D eigenvalue weighted by Gasteiger charge is -2.41. The van der Waals surface area contributed by atoms with E-state index in [1.807, 2.05) is 40.7 Å². The van der Waals surface area contributed by atoms with Crippen LogP contribution >= 0.6 is 0 Å². The lowest BCUT2D eigenvalue weighted by atomic mass is 9.84. The first kappa shape index (κ1) is 39.7. The van der Waals surface area contributed by atoms with E-state index in [9.17, 15) is 19.2 Å². The van der Waals surface area contributed by atoms with Crippen molar-refractivity contribution in [3.8, 4) is 0 Å². The van der Waals surface area contributed by atoms with Gasteiger partial charge in [-0.25, -0.2) is 0 Å². The van der Waals surface area contributed by atoms with Gasteiger partial charge in [-0.3, -0.25) is 24.1 Å². The Kier molecular flexibility index (Phi) is 15.7. The first-order chi connectivity index (χ1) is 21.5. The Morgan fingerprint density at radius 1 is 0.913 bits per heavy atom. The molecule has 2 aliphatic heterocycles. The summed E-state index contributed by atoms with van der Waals surface area (Å²) in [6.45, 7) is 25.2. The van der Waals surface area contributed by atoms with Crippen LogP contribution in [0.15, 0.2) is 11.6 Å². The van der Waals surface area contributed by atoms with Gasteiger partial charge in [0.15, 0.2) is 0 Å². The standard InChI is InChI=1S/C36H66N6O4/c1-12-40(13-2)21-17-20-37-32(43)28-19-16-23-42(28)34(45)27(7)24-30(25(3)4)39(11)35(46)31(36(8,9)10)38-33(44)29-18-14-15-22-41(29)26(5)6/h24-26,28-31H,12-23H2,1-11H3,(H,37,43)(H,38,44)/b27-24+/t28-,29+,30+,31+/m0/s1. The van der Waals surface area contributed by atoms with Crippen molar-refractivity contribution in [2.24, 2.45) is 11.3 Å². The van der Waals surface area contributed by atoms with Crippen LogP contribution in [0.5, 0.6) is 0 Å². The quantitative estimate of drug-likeness (QED) is 0.206. The number of hydrogen-bond acceptors (Lipinski definition) is 6. The molecule has 2 aliphatic rings. The Bertz CT molecular complexity index is 1050. The second-order valence-electron chi connectivity index (χ2n) is 15.0. The molecule has 0 aromatic heterocycles. The van der Waals surface area contributed by atoms with Gasteiger partial charge in [0.1, 0.15) is 12.1 Å². The summed E-state index contributed by atoms with van der Waals surface area (Å²) < 4.78 is 0. The van der Waals surface area contributed by atoms with Crippen LogP contribution < -0.4 is 10.6 Å². The van der Waals surface area contributed by atoms with E-state index in [1.165, 1.54) is 0 Å². The van der Waals surface area contributed by atoms with Crippen LogP contribution in [0.25, 0.3) is 0 Å². The maximum absolute atomic E-state index is 14.1. The fourth-order valence-corrected chi connectivity index (χ4v) is 6.85. The maximum Gasteiger partial charge on any atom is 0.249 e. The van der Waals surface area contributed by atoms with E-state index in [-0.39, 0.29) is 47.7 Å². The van der Waals surface area contributed by atoms with Crippen molar-refractivity contribution in [1.82, 2.24) is 30.2 Å². The summed E-state index contributed by atoms with van der Waals surface area (Å²) in [7, 11) is 1.76. The molecule has 0 saturated carbocycles. The van der Waals surface area contributed by atoms with E-state index in [4.69, 9.17) is 0 Å². The van der Waals surface area contributed by atoms with Gasteiger partial charge in [-0.1, -0.05) is 61.0 Å². The van der Waals surface area contributed by atoms with Crippen molar-refractivity contribution in [2.45, 2.75) is 138 Å². The van der Waals surface area contributed by atoms with E-state index >= 15 is 0 Å². The Morgan fingerprint density at radius 3 is 2.11 bits per heavy atom. The van der Waals surface area contributed by atoms with Gasteiger partial charge in [0, 0.05) is 31.8 Å². The molecule has 0 radical (unpaired) electrons. The van der Waals surface area contributed by atoms with E-state index in [0.717, 1.165) is 58.3 Å². The van der Waals surface area contributed by atoms with Crippen molar-refractivity contribution in [3.05, 3.63) is 11.6 Å².